The monoisotopic (exact) mass is 273 g/mol. The topological polar surface area (TPSA) is 21.3 Å². The van der Waals surface area contributed by atoms with Gasteiger partial charge in [0.1, 0.15) is 5.75 Å². The second-order valence-electron chi connectivity index (χ2n) is 5.01. The molecular weight excluding hydrogens is 255 g/mol. The fourth-order valence-corrected chi connectivity index (χ4v) is 2.42. The van der Waals surface area contributed by atoms with E-state index in [0.29, 0.717) is 11.7 Å². The van der Waals surface area contributed by atoms with Crippen LogP contribution in [-0.2, 0) is 0 Å². The first-order valence-electron chi connectivity index (χ1n) is 6.46. The molecule has 1 aromatic rings. The molecule has 0 radical (unpaired) electrons. The van der Waals surface area contributed by atoms with Gasteiger partial charge in [0.05, 0.1) is 0 Å². The molecule has 1 aliphatic heterocycles. The maximum absolute atomic E-state index is 12.2. The predicted molar refractivity (Wildman–Crippen MR) is 67.6 cm³/mol. The molecule has 1 heterocycles. The Bertz CT molecular complexity index is 425. The smallest absolute Gasteiger partial charge is 0.422 e. The maximum atomic E-state index is 12.2. The maximum Gasteiger partial charge on any atom is 0.422 e. The van der Waals surface area contributed by atoms with Gasteiger partial charge in [0, 0.05) is 0 Å². The number of hydrogen-bond acceptors (Lipinski definition) is 2. The van der Waals surface area contributed by atoms with E-state index >= 15 is 0 Å². The first-order chi connectivity index (χ1) is 8.94. The van der Waals surface area contributed by atoms with Crippen LogP contribution >= 0.6 is 0 Å². The van der Waals surface area contributed by atoms with Crippen LogP contribution in [0.3, 0.4) is 0 Å². The highest BCUT2D eigenvalue weighted by Gasteiger charge is 2.28. The van der Waals surface area contributed by atoms with Crippen LogP contribution in [0.25, 0.3) is 0 Å². The third-order valence-corrected chi connectivity index (χ3v) is 3.29. The third kappa shape index (κ3) is 4.42. The lowest BCUT2D eigenvalue weighted by Crippen LogP contribution is -2.26. The minimum atomic E-state index is -4.29. The summed E-state index contributed by atoms with van der Waals surface area (Å²) in [5, 5.41) is 3.28. The van der Waals surface area contributed by atoms with Crippen LogP contribution in [-0.4, -0.2) is 25.9 Å². The van der Waals surface area contributed by atoms with Gasteiger partial charge < -0.3 is 10.1 Å². The molecular formula is C14H18F3NO. The van der Waals surface area contributed by atoms with Crippen molar-refractivity contribution in [2.24, 2.45) is 0 Å². The van der Waals surface area contributed by atoms with Gasteiger partial charge in [0.15, 0.2) is 6.61 Å². The number of nitrogens with one attached hydrogen (secondary N) is 1. The Kier molecular flexibility index (Phi) is 4.34. The van der Waals surface area contributed by atoms with Crippen LogP contribution in [0, 0.1) is 6.92 Å². The summed E-state index contributed by atoms with van der Waals surface area (Å²) in [7, 11) is 0. The van der Waals surface area contributed by atoms with Crippen molar-refractivity contribution in [3.05, 3.63) is 29.3 Å². The van der Waals surface area contributed by atoms with Crippen molar-refractivity contribution >= 4 is 0 Å². The number of halogens is 3. The zero-order valence-electron chi connectivity index (χ0n) is 10.9. The molecule has 2 nitrogen and oxygen atoms in total. The van der Waals surface area contributed by atoms with Crippen molar-refractivity contribution in [1.82, 2.24) is 5.32 Å². The quantitative estimate of drug-likeness (QED) is 0.911. The first kappa shape index (κ1) is 14.2. The Balaban J connectivity index is 2.10. The van der Waals surface area contributed by atoms with Gasteiger partial charge in [0.2, 0.25) is 0 Å². The molecule has 2 rings (SSSR count). The van der Waals surface area contributed by atoms with Crippen LogP contribution in [0.5, 0.6) is 5.75 Å². The second kappa shape index (κ2) is 5.82. The van der Waals surface area contributed by atoms with Crippen LogP contribution < -0.4 is 10.1 Å². The summed E-state index contributed by atoms with van der Waals surface area (Å²) in [6.45, 7) is 2.56. The van der Waals surface area contributed by atoms with Crippen LogP contribution in [0.1, 0.15) is 29.9 Å². The Morgan fingerprint density at radius 1 is 1.21 bits per heavy atom. The molecule has 1 aliphatic rings. The van der Waals surface area contributed by atoms with Gasteiger partial charge in [-0.15, -0.1) is 0 Å². The summed E-state index contributed by atoms with van der Waals surface area (Å²) in [6, 6.07) is 5.43. The summed E-state index contributed by atoms with van der Waals surface area (Å²) in [5.41, 5.74) is 2.02. The average Bonchev–Trinajstić information content (AvgIpc) is 2.36. The van der Waals surface area contributed by atoms with E-state index in [1.54, 1.807) is 12.1 Å². The first-order valence-corrected chi connectivity index (χ1v) is 6.46. The minimum Gasteiger partial charge on any atom is -0.484 e. The van der Waals surface area contributed by atoms with Crippen molar-refractivity contribution < 1.29 is 17.9 Å². The Morgan fingerprint density at radius 3 is 2.53 bits per heavy atom. The van der Waals surface area contributed by atoms with Crippen molar-refractivity contribution in [1.29, 1.82) is 0 Å². The van der Waals surface area contributed by atoms with E-state index in [2.05, 4.69) is 5.32 Å². The van der Waals surface area contributed by atoms with Gasteiger partial charge in [0.25, 0.3) is 0 Å². The number of rotatable bonds is 3. The normalized spacial score (nSPS) is 17.5. The summed E-state index contributed by atoms with van der Waals surface area (Å²) >= 11 is 0. The number of aryl methyl sites for hydroxylation is 1. The lowest BCUT2D eigenvalue weighted by molar-refractivity contribution is -0.153. The predicted octanol–water partition coefficient (Wildman–Crippen LogP) is 3.40. The molecule has 19 heavy (non-hydrogen) atoms. The van der Waals surface area contributed by atoms with E-state index in [-0.39, 0.29) is 0 Å². The van der Waals surface area contributed by atoms with E-state index < -0.39 is 12.8 Å². The number of ether oxygens (including phenoxy) is 1. The molecule has 0 saturated carbocycles. The summed E-state index contributed by atoms with van der Waals surface area (Å²) < 4.78 is 41.3. The van der Waals surface area contributed by atoms with Crippen LogP contribution in [0.4, 0.5) is 13.2 Å². The molecule has 1 fully saturated rings. The fraction of sp³-hybridized carbons (Fsp3) is 0.571. The third-order valence-electron chi connectivity index (χ3n) is 3.29. The van der Waals surface area contributed by atoms with Crippen molar-refractivity contribution in [3.8, 4) is 5.75 Å². The van der Waals surface area contributed by atoms with E-state index in [1.807, 2.05) is 13.0 Å². The van der Waals surface area contributed by atoms with E-state index in [9.17, 15) is 13.2 Å². The molecule has 0 bridgehead atoms. The van der Waals surface area contributed by atoms with Gasteiger partial charge >= 0.3 is 6.18 Å². The highest BCUT2D eigenvalue weighted by Crippen LogP contribution is 2.29. The highest BCUT2D eigenvalue weighted by atomic mass is 19.4. The molecule has 0 unspecified atom stereocenters. The highest BCUT2D eigenvalue weighted by molar-refractivity contribution is 5.36. The van der Waals surface area contributed by atoms with Crippen LogP contribution in [0.2, 0.25) is 0 Å². The molecule has 0 atom stereocenters. The minimum absolute atomic E-state index is 0.311. The average molecular weight is 273 g/mol. The molecule has 0 amide bonds. The number of benzene rings is 1. The zero-order chi connectivity index (χ0) is 13.9. The number of hydrogen-bond donors (Lipinski definition) is 1. The van der Waals surface area contributed by atoms with Gasteiger partial charge in [-0.05, 0) is 62.0 Å². The van der Waals surface area contributed by atoms with Crippen LogP contribution in [0.15, 0.2) is 18.2 Å². The molecule has 0 aromatic heterocycles. The molecule has 1 N–H and O–H groups in total. The lowest BCUT2D eigenvalue weighted by atomic mass is 9.89. The summed E-state index contributed by atoms with van der Waals surface area (Å²) in [5.74, 6) is 0.722. The van der Waals surface area contributed by atoms with Gasteiger partial charge in [-0.3, -0.25) is 0 Å². The summed E-state index contributed by atoms with van der Waals surface area (Å²) in [6.07, 6.45) is -2.26. The molecule has 1 saturated heterocycles. The molecule has 1 aromatic carbocycles. The van der Waals surface area contributed by atoms with E-state index in [4.69, 9.17) is 4.74 Å². The van der Waals surface area contributed by atoms with E-state index in [0.717, 1.165) is 37.1 Å². The largest absolute Gasteiger partial charge is 0.484 e. The van der Waals surface area contributed by atoms with Crippen molar-refractivity contribution in [2.75, 3.05) is 19.7 Å². The second-order valence-corrected chi connectivity index (χ2v) is 5.01. The number of alkyl halides is 3. The van der Waals surface area contributed by atoms with Gasteiger partial charge in [-0.2, -0.15) is 13.2 Å². The Hall–Kier alpha value is -1.23. The van der Waals surface area contributed by atoms with Crippen molar-refractivity contribution in [3.63, 3.8) is 0 Å². The lowest BCUT2D eigenvalue weighted by Gasteiger charge is -2.24. The standard InChI is InChI=1S/C14H18F3NO/c1-10-6-12(11-2-4-18-5-3-11)8-13(7-10)19-9-14(15,16)17/h6-8,11,18H,2-5,9H2,1H3. The molecule has 0 spiro atoms. The van der Waals surface area contributed by atoms with Gasteiger partial charge in [-0.25, -0.2) is 0 Å². The van der Waals surface area contributed by atoms with E-state index in [1.165, 1.54) is 0 Å². The number of piperidine rings is 1. The summed E-state index contributed by atoms with van der Waals surface area (Å²) in [4.78, 5) is 0. The molecule has 0 aliphatic carbocycles. The molecule has 5 heteroatoms. The molecule has 106 valence electrons. The SMILES string of the molecule is Cc1cc(OCC(F)(F)F)cc(C2CCNCC2)c1. The van der Waals surface area contributed by atoms with Crippen molar-refractivity contribution in [2.45, 2.75) is 31.9 Å². The zero-order valence-corrected chi connectivity index (χ0v) is 10.9. The Morgan fingerprint density at radius 2 is 1.89 bits per heavy atom. The fourth-order valence-electron chi connectivity index (χ4n) is 2.42. The Labute approximate surface area is 111 Å². The van der Waals surface area contributed by atoms with Gasteiger partial charge in [-0.1, -0.05) is 6.07 Å².